The molecule has 1 aromatic heterocycles. The van der Waals surface area contributed by atoms with E-state index in [0.717, 1.165) is 6.26 Å². The van der Waals surface area contributed by atoms with Crippen LogP contribution >= 0.6 is 0 Å². The van der Waals surface area contributed by atoms with Gasteiger partial charge in [0.05, 0.1) is 0 Å². The molecule has 2 aromatic rings. The van der Waals surface area contributed by atoms with Gasteiger partial charge in [0.25, 0.3) is 0 Å². The molecule has 9 heteroatoms. The zero-order chi connectivity index (χ0) is 17.0. The van der Waals surface area contributed by atoms with Crippen molar-refractivity contribution in [2.75, 3.05) is 6.26 Å². The van der Waals surface area contributed by atoms with E-state index < -0.39 is 27.0 Å². The van der Waals surface area contributed by atoms with Crippen molar-refractivity contribution in [1.29, 1.82) is 0 Å². The number of nitrogens with zero attached hydrogens (tertiary/aromatic N) is 2. The SMILES string of the molecule is C[C@H](NC(=O)/C=C/c1ccc(F)cc1)c1nnc(S(C)(=O)=O)o1. The molecule has 122 valence electrons. The highest BCUT2D eigenvalue weighted by molar-refractivity contribution is 7.90. The van der Waals surface area contributed by atoms with Crippen molar-refractivity contribution in [1.82, 2.24) is 15.5 Å². The number of sulfone groups is 1. The zero-order valence-electron chi connectivity index (χ0n) is 12.4. The monoisotopic (exact) mass is 339 g/mol. The van der Waals surface area contributed by atoms with Crippen molar-refractivity contribution in [3.05, 3.63) is 47.6 Å². The first-order valence-electron chi connectivity index (χ1n) is 6.53. The van der Waals surface area contributed by atoms with E-state index in [0.29, 0.717) is 5.56 Å². The molecule has 1 heterocycles. The van der Waals surface area contributed by atoms with Crippen molar-refractivity contribution in [2.24, 2.45) is 0 Å². The van der Waals surface area contributed by atoms with Crippen LogP contribution in [0, 0.1) is 5.82 Å². The third-order valence-electron chi connectivity index (χ3n) is 2.77. The number of amides is 1. The maximum absolute atomic E-state index is 12.8. The molecular formula is C14H14FN3O4S. The normalized spacial score (nSPS) is 13.2. The van der Waals surface area contributed by atoms with Crippen LogP contribution in [-0.2, 0) is 14.6 Å². The number of benzene rings is 1. The van der Waals surface area contributed by atoms with Gasteiger partial charge in [0.15, 0.2) is 0 Å². The summed E-state index contributed by atoms with van der Waals surface area (Å²) in [6, 6.07) is 4.96. The molecule has 1 amide bonds. The summed E-state index contributed by atoms with van der Waals surface area (Å²) in [5.74, 6) is -0.826. The van der Waals surface area contributed by atoms with E-state index in [-0.39, 0.29) is 11.7 Å². The van der Waals surface area contributed by atoms with Gasteiger partial charge in [-0.2, -0.15) is 0 Å². The number of hydrogen-bond donors (Lipinski definition) is 1. The topological polar surface area (TPSA) is 102 Å². The molecule has 0 saturated heterocycles. The van der Waals surface area contributed by atoms with Gasteiger partial charge in [-0.1, -0.05) is 17.2 Å². The Hall–Kier alpha value is -2.55. The van der Waals surface area contributed by atoms with Crippen LogP contribution in [0.3, 0.4) is 0 Å². The average molecular weight is 339 g/mol. The largest absolute Gasteiger partial charge is 0.410 e. The fourth-order valence-electron chi connectivity index (χ4n) is 1.61. The summed E-state index contributed by atoms with van der Waals surface area (Å²) in [4.78, 5) is 11.8. The van der Waals surface area contributed by atoms with E-state index in [1.807, 2.05) is 0 Å². The van der Waals surface area contributed by atoms with Gasteiger partial charge in [-0.25, -0.2) is 12.8 Å². The molecule has 1 N–H and O–H groups in total. The lowest BCUT2D eigenvalue weighted by atomic mass is 10.2. The Morgan fingerprint density at radius 1 is 1.30 bits per heavy atom. The molecule has 0 saturated carbocycles. The van der Waals surface area contributed by atoms with Gasteiger partial charge in [0, 0.05) is 12.3 Å². The Balaban J connectivity index is 1.99. The Labute approximate surface area is 132 Å². The molecule has 0 aliphatic heterocycles. The number of hydrogen-bond acceptors (Lipinski definition) is 6. The van der Waals surface area contributed by atoms with Crippen LogP contribution in [0.4, 0.5) is 4.39 Å². The molecule has 1 atom stereocenters. The molecule has 7 nitrogen and oxygen atoms in total. The second kappa shape index (κ2) is 6.69. The molecule has 0 unspecified atom stereocenters. The fourth-order valence-corrected chi connectivity index (χ4v) is 2.04. The van der Waals surface area contributed by atoms with Gasteiger partial charge in [0.2, 0.25) is 21.6 Å². The molecular weight excluding hydrogens is 325 g/mol. The fraction of sp³-hybridized carbons (Fsp3) is 0.214. The van der Waals surface area contributed by atoms with Crippen molar-refractivity contribution < 1.29 is 22.0 Å². The van der Waals surface area contributed by atoms with E-state index in [9.17, 15) is 17.6 Å². The predicted octanol–water partition coefficient (Wildman–Crippen LogP) is 1.50. The number of rotatable bonds is 5. The molecule has 0 aliphatic rings. The number of nitrogens with one attached hydrogen (secondary N) is 1. The van der Waals surface area contributed by atoms with E-state index in [1.165, 1.54) is 36.4 Å². The summed E-state index contributed by atoms with van der Waals surface area (Å²) in [6.07, 6.45) is 3.72. The maximum atomic E-state index is 12.8. The van der Waals surface area contributed by atoms with Gasteiger partial charge < -0.3 is 9.73 Å². The summed E-state index contributed by atoms with van der Waals surface area (Å²) in [6.45, 7) is 1.57. The molecule has 0 radical (unpaired) electrons. The lowest BCUT2D eigenvalue weighted by Crippen LogP contribution is -2.24. The third kappa shape index (κ3) is 4.71. The first-order chi connectivity index (χ1) is 10.8. The van der Waals surface area contributed by atoms with Gasteiger partial charge in [-0.15, -0.1) is 5.10 Å². The molecule has 2 rings (SSSR count). The van der Waals surface area contributed by atoms with E-state index in [1.54, 1.807) is 6.92 Å². The minimum absolute atomic E-state index is 0.0195. The van der Waals surface area contributed by atoms with Crippen LogP contribution in [0.2, 0.25) is 0 Å². The molecule has 0 bridgehead atoms. The van der Waals surface area contributed by atoms with E-state index >= 15 is 0 Å². The van der Waals surface area contributed by atoms with Crippen molar-refractivity contribution in [3.63, 3.8) is 0 Å². The summed E-state index contributed by atoms with van der Waals surface area (Å²) in [5, 5.41) is 9.04. The van der Waals surface area contributed by atoms with Crippen LogP contribution in [0.15, 0.2) is 40.0 Å². The van der Waals surface area contributed by atoms with Crippen LogP contribution in [0.25, 0.3) is 6.08 Å². The highest BCUT2D eigenvalue weighted by Gasteiger charge is 2.20. The first kappa shape index (κ1) is 16.8. The maximum Gasteiger partial charge on any atom is 0.335 e. The molecule has 1 aromatic carbocycles. The zero-order valence-corrected chi connectivity index (χ0v) is 13.2. The minimum atomic E-state index is -3.59. The van der Waals surface area contributed by atoms with Crippen LogP contribution in [-0.4, -0.2) is 30.8 Å². The second-order valence-corrected chi connectivity index (χ2v) is 6.69. The molecule has 0 aliphatic carbocycles. The molecule has 0 fully saturated rings. The average Bonchev–Trinajstić information content (AvgIpc) is 2.96. The lowest BCUT2D eigenvalue weighted by molar-refractivity contribution is -0.117. The van der Waals surface area contributed by atoms with Crippen LogP contribution < -0.4 is 5.32 Å². The predicted molar refractivity (Wildman–Crippen MR) is 79.4 cm³/mol. The van der Waals surface area contributed by atoms with E-state index in [4.69, 9.17) is 4.42 Å². The van der Waals surface area contributed by atoms with Gasteiger partial charge in [-0.05, 0) is 30.7 Å². The highest BCUT2D eigenvalue weighted by atomic mass is 32.2. The summed E-state index contributed by atoms with van der Waals surface area (Å²) in [5.41, 5.74) is 0.659. The Morgan fingerprint density at radius 3 is 2.52 bits per heavy atom. The smallest absolute Gasteiger partial charge is 0.335 e. The Bertz CT molecular complexity index is 828. The minimum Gasteiger partial charge on any atom is -0.410 e. The summed E-state index contributed by atoms with van der Waals surface area (Å²) in [7, 11) is -3.59. The van der Waals surface area contributed by atoms with Crippen molar-refractivity contribution in [2.45, 2.75) is 18.2 Å². The van der Waals surface area contributed by atoms with Crippen LogP contribution in [0.1, 0.15) is 24.4 Å². The second-order valence-electron chi connectivity index (χ2n) is 4.79. The number of halogens is 1. The number of carbonyl (C=O) groups excluding carboxylic acids is 1. The first-order valence-corrected chi connectivity index (χ1v) is 8.42. The van der Waals surface area contributed by atoms with Crippen molar-refractivity contribution in [3.8, 4) is 0 Å². The molecule has 0 spiro atoms. The number of aromatic nitrogens is 2. The standard InChI is InChI=1S/C14H14FN3O4S/c1-9(13-17-18-14(22-13)23(2,20)21)16-12(19)8-5-10-3-6-11(15)7-4-10/h3-9H,1-2H3,(H,16,19)/b8-5+/t9-/m0/s1. The quantitative estimate of drug-likeness (QED) is 0.828. The van der Waals surface area contributed by atoms with Crippen LogP contribution in [0.5, 0.6) is 0 Å². The summed E-state index contributed by atoms with van der Waals surface area (Å²) < 4.78 is 40.3. The Kier molecular flexibility index (Phi) is 4.89. The van der Waals surface area contributed by atoms with Gasteiger partial charge in [-0.3, -0.25) is 4.79 Å². The van der Waals surface area contributed by atoms with Gasteiger partial charge >= 0.3 is 5.22 Å². The number of carbonyl (C=O) groups is 1. The summed E-state index contributed by atoms with van der Waals surface area (Å²) >= 11 is 0. The van der Waals surface area contributed by atoms with Crippen molar-refractivity contribution >= 4 is 21.8 Å². The molecule has 23 heavy (non-hydrogen) atoms. The third-order valence-corrected chi connectivity index (χ3v) is 3.57. The van der Waals surface area contributed by atoms with E-state index in [2.05, 4.69) is 15.5 Å². The Morgan fingerprint density at radius 2 is 1.96 bits per heavy atom. The van der Waals surface area contributed by atoms with Gasteiger partial charge in [0.1, 0.15) is 11.9 Å². The highest BCUT2D eigenvalue weighted by Crippen LogP contribution is 2.14. The lowest BCUT2D eigenvalue weighted by Gasteiger charge is -2.07.